The van der Waals surface area contributed by atoms with E-state index in [2.05, 4.69) is 0 Å². The SMILES string of the molecule is COC(=O)[C@@H](N)C(C(C)C)N(OC(=O)CCc1ccc2c(c1)OCO2)C(=O)OC(C)(C)C. The second-order valence-electron chi connectivity index (χ2n) is 8.74. The molecule has 10 heteroatoms. The van der Waals surface area contributed by atoms with Gasteiger partial charge in [0.1, 0.15) is 17.7 Å². The Morgan fingerprint density at radius 3 is 2.41 bits per heavy atom. The third-order valence-corrected chi connectivity index (χ3v) is 4.62. The molecule has 0 saturated heterocycles. The number of nitrogens with two attached hydrogens (primary N) is 1. The largest absolute Gasteiger partial charge is 0.468 e. The molecule has 2 N–H and O–H groups in total. The monoisotopic (exact) mass is 452 g/mol. The molecule has 178 valence electrons. The first-order valence-electron chi connectivity index (χ1n) is 10.4. The lowest BCUT2D eigenvalue weighted by atomic mass is 9.97. The van der Waals surface area contributed by atoms with E-state index < -0.39 is 35.7 Å². The maximum absolute atomic E-state index is 12.8. The molecule has 1 aliphatic heterocycles. The number of esters is 1. The van der Waals surface area contributed by atoms with Crippen molar-refractivity contribution in [1.82, 2.24) is 5.06 Å². The van der Waals surface area contributed by atoms with Crippen LogP contribution >= 0.6 is 0 Å². The van der Waals surface area contributed by atoms with E-state index in [0.717, 1.165) is 10.6 Å². The Morgan fingerprint density at radius 1 is 1.16 bits per heavy atom. The number of rotatable bonds is 7. The Kier molecular flexibility index (Phi) is 8.31. The lowest BCUT2D eigenvalue weighted by molar-refractivity contribution is -0.201. The molecule has 1 unspecified atom stereocenters. The van der Waals surface area contributed by atoms with Crippen molar-refractivity contribution in [2.45, 2.75) is 65.1 Å². The van der Waals surface area contributed by atoms with E-state index >= 15 is 0 Å². The van der Waals surface area contributed by atoms with Crippen LogP contribution in [0.1, 0.15) is 46.6 Å². The van der Waals surface area contributed by atoms with E-state index in [1.807, 2.05) is 6.07 Å². The lowest BCUT2D eigenvalue weighted by Crippen LogP contribution is -2.57. The molecule has 0 saturated carbocycles. The van der Waals surface area contributed by atoms with E-state index in [0.29, 0.717) is 17.9 Å². The number of fused-ring (bicyclic) bond motifs is 1. The predicted molar refractivity (Wildman–Crippen MR) is 114 cm³/mol. The van der Waals surface area contributed by atoms with Crippen molar-refractivity contribution >= 4 is 18.0 Å². The van der Waals surface area contributed by atoms with Crippen LogP contribution in [0.25, 0.3) is 0 Å². The van der Waals surface area contributed by atoms with E-state index in [1.165, 1.54) is 7.11 Å². The average molecular weight is 453 g/mol. The summed E-state index contributed by atoms with van der Waals surface area (Å²) in [5.41, 5.74) is 6.01. The molecule has 0 aliphatic carbocycles. The van der Waals surface area contributed by atoms with Gasteiger partial charge in [-0.3, -0.25) is 4.79 Å². The summed E-state index contributed by atoms with van der Waals surface area (Å²) in [6.07, 6.45) is -0.614. The van der Waals surface area contributed by atoms with Gasteiger partial charge in [-0.25, -0.2) is 9.59 Å². The summed E-state index contributed by atoms with van der Waals surface area (Å²) in [6.45, 7) is 8.67. The van der Waals surface area contributed by atoms with Crippen molar-refractivity contribution in [3.05, 3.63) is 23.8 Å². The summed E-state index contributed by atoms with van der Waals surface area (Å²) in [6, 6.07) is 3.13. The minimum atomic E-state index is -1.24. The molecule has 0 fully saturated rings. The summed E-state index contributed by atoms with van der Waals surface area (Å²) in [5, 5.41) is 0.749. The summed E-state index contributed by atoms with van der Waals surface area (Å²) in [5.74, 6) is -0.526. The number of hydrogen-bond acceptors (Lipinski definition) is 9. The van der Waals surface area contributed by atoms with Gasteiger partial charge >= 0.3 is 18.0 Å². The van der Waals surface area contributed by atoms with Gasteiger partial charge in [-0.1, -0.05) is 19.9 Å². The van der Waals surface area contributed by atoms with E-state index in [9.17, 15) is 14.4 Å². The van der Waals surface area contributed by atoms with Crippen molar-refractivity contribution < 1.29 is 38.2 Å². The third kappa shape index (κ3) is 6.74. The average Bonchev–Trinajstić information content (AvgIpc) is 3.17. The Labute approximate surface area is 187 Å². The number of hydrogen-bond donors (Lipinski definition) is 1. The first kappa shape index (κ1) is 25.3. The highest BCUT2D eigenvalue weighted by molar-refractivity contribution is 5.79. The fraction of sp³-hybridized carbons (Fsp3) is 0.591. The van der Waals surface area contributed by atoms with Crippen LogP contribution < -0.4 is 15.2 Å². The molecule has 1 heterocycles. The van der Waals surface area contributed by atoms with Crippen LogP contribution in [0.3, 0.4) is 0 Å². The summed E-state index contributed by atoms with van der Waals surface area (Å²) in [7, 11) is 1.19. The van der Waals surface area contributed by atoms with Gasteiger partial charge in [0.15, 0.2) is 11.5 Å². The molecular formula is C22H32N2O8. The first-order valence-corrected chi connectivity index (χ1v) is 10.4. The van der Waals surface area contributed by atoms with Gasteiger partial charge in [0.05, 0.1) is 13.5 Å². The van der Waals surface area contributed by atoms with Crippen LogP contribution in [0, 0.1) is 5.92 Å². The second-order valence-corrected chi connectivity index (χ2v) is 8.74. The quantitative estimate of drug-likeness (QED) is 0.490. The normalized spacial score (nSPS) is 14.5. The molecule has 10 nitrogen and oxygen atoms in total. The van der Waals surface area contributed by atoms with E-state index in [4.69, 9.17) is 29.5 Å². The van der Waals surface area contributed by atoms with Crippen molar-refractivity contribution in [3.63, 3.8) is 0 Å². The molecule has 1 aromatic rings. The molecular weight excluding hydrogens is 420 g/mol. The molecule has 32 heavy (non-hydrogen) atoms. The van der Waals surface area contributed by atoms with Gasteiger partial charge in [0.25, 0.3) is 0 Å². The van der Waals surface area contributed by atoms with Crippen molar-refractivity contribution in [2.75, 3.05) is 13.9 Å². The number of carbonyl (C=O) groups is 3. The molecule has 1 aromatic carbocycles. The van der Waals surface area contributed by atoms with Gasteiger partial charge in [-0.05, 0) is 50.8 Å². The van der Waals surface area contributed by atoms with Crippen molar-refractivity contribution in [1.29, 1.82) is 0 Å². The van der Waals surface area contributed by atoms with E-state index in [-0.39, 0.29) is 19.1 Å². The smallest absolute Gasteiger partial charge is 0.444 e. The lowest BCUT2D eigenvalue weighted by Gasteiger charge is -2.35. The molecule has 1 amide bonds. The Bertz CT molecular complexity index is 834. The maximum Gasteiger partial charge on any atom is 0.444 e. The number of methoxy groups -OCH3 is 1. The fourth-order valence-electron chi connectivity index (χ4n) is 3.13. The molecule has 2 rings (SSSR count). The molecule has 0 bridgehead atoms. The Morgan fingerprint density at radius 2 is 1.81 bits per heavy atom. The van der Waals surface area contributed by atoms with Crippen molar-refractivity contribution in [3.8, 4) is 11.5 Å². The van der Waals surface area contributed by atoms with Gasteiger partial charge in [0.2, 0.25) is 6.79 Å². The number of nitrogens with zero attached hydrogens (tertiary/aromatic N) is 1. The minimum Gasteiger partial charge on any atom is -0.468 e. The highest BCUT2D eigenvalue weighted by Crippen LogP contribution is 2.32. The van der Waals surface area contributed by atoms with Crippen LogP contribution in [0.4, 0.5) is 4.79 Å². The van der Waals surface area contributed by atoms with Crippen LogP contribution in [-0.4, -0.2) is 54.7 Å². The molecule has 0 radical (unpaired) electrons. The summed E-state index contributed by atoms with van der Waals surface area (Å²) < 4.78 is 20.7. The highest BCUT2D eigenvalue weighted by Gasteiger charge is 2.40. The first-order chi connectivity index (χ1) is 14.9. The van der Waals surface area contributed by atoms with Crippen LogP contribution in [-0.2, 0) is 30.3 Å². The number of carbonyl (C=O) groups excluding carboxylic acids is 3. The second kappa shape index (κ2) is 10.5. The van der Waals surface area contributed by atoms with Crippen LogP contribution in [0.15, 0.2) is 18.2 Å². The highest BCUT2D eigenvalue weighted by atomic mass is 16.8. The van der Waals surface area contributed by atoms with Crippen LogP contribution in [0.5, 0.6) is 11.5 Å². The zero-order valence-corrected chi connectivity index (χ0v) is 19.4. The van der Waals surface area contributed by atoms with Gasteiger partial charge in [0, 0.05) is 0 Å². The van der Waals surface area contributed by atoms with Crippen LogP contribution in [0.2, 0.25) is 0 Å². The number of hydroxylamine groups is 2. The Hall–Kier alpha value is -3.01. The Balaban J connectivity index is 2.15. The summed E-state index contributed by atoms with van der Waals surface area (Å²) >= 11 is 0. The molecule has 2 atom stereocenters. The van der Waals surface area contributed by atoms with Crippen molar-refractivity contribution in [2.24, 2.45) is 11.7 Å². The third-order valence-electron chi connectivity index (χ3n) is 4.62. The standard InChI is InChI=1S/C22H32N2O8/c1-13(2)19(18(23)20(26)28-6)24(21(27)31-22(3,4)5)32-17(25)10-8-14-7-9-15-16(11-14)30-12-29-15/h7,9,11,13,18-19H,8,10,12,23H2,1-6H3/t18-,19?/m0/s1. The molecule has 0 spiro atoms. The summed E-state index contributed by atoms with van der Waals surface area (Å²) in [4.78, 5) is 42.9. The predicted octanol–water partition coefficient (Wildman–Crippen LogP) is 2.57. The van der Waals surface area contributed by atoms with Gasteiger partial charge in [-0.2, -0.15) is 0 Å². The maximum atomic E-state index is 12.8. The zero-order valence-electron chi connectivity index (χ0n) is 19.4. The van der Waals surface area contributed by atoms with Gasteiger partial charge in [-0.15, -0.1) is 5.06 Å². The molecule has 0 aromatic heterocycles. The molecule has 1 aliphatic rings. The minimum absolute atomic E-state index is 0.0305. The number of amides is 1. The topological polar surface area (TPSA) is 127 Å². The van der Waals surface area contributed by atoms with E-state index in [1.54, 1.807) is 46.8 Å². The number of benzene rings is 1. The number of aryl methyl sites for hydroxylation is 1. The van der Waals surface area contributed by atoms with Gasteiger partial charge < -0.3 is 29.5 Å². The fourth-order valence-corrected chi connectivity index (χ4v) is 3.13. The zero-order chi connectivity index (χ0) is 24.1. The number of ether oxygens (including phenoxy) is 4.